The summed E-state index contributed by atoms with van der Waals surface area (Å²) >= 11 is 2.34. The molecule has 3 nitrogen and oxygen atoms in total. The van der Waals surface area contributed by atoms with Crippen LogP contribution in [-0.4, -0.2) is 30.7 Å². The van der Waals surface area contributed by atoms with E-state index in [1.54, 1.807) is 0 Å². The Kier molecular flexibility index (Phi) is 8.30. The van der Waals surface area contributed by atoms with E-state index in [2.05, 4.69) is 42.2 Å². The number of rotatable bonds is 7. The summed E-state index contributed by atoms with van der Waals surface area (Å²) in [5.41, 5.74) is 2.74. The predicted molar refractivity (Wildman–Crippen MR) is 103 cm³/mol. The highest BCUT2D eigenvalue weighted by atomic mass is 127. The molecule has 1 aliphatic carbocycles. The van der Waals surface area contributed by atoms with Gasteiger partial charge in [-0.25, -0.2) is 0 Å². The Hall–Kier alpha value is -0.170. The normalized spacial score (nSPS) is 25.3. The molecule has 0 radical (unpaired) electrons. The van der Waals surface area contributed by atoms with Gasteiger partial charge in [0.15, 0.2) is 6.29 Å². The second kappa shape index (κ2) is 9.97. The van der Waals surface area contributed by atoms with Crippen LogP contribution < -0.4 is 0 Å². The lowest BCUT2D eigenvalue weighted by Crippen LogP contribution is -2.12. The minimum atomic E-state index is -0.380. The van der Waals surface area contributed by atoms with E-state index in [0.717, 1.165) is 58.2 Å². The Morgan fingerprint density at radius 1 is 1.43 bits per heavy atom. The zero-order chi connectivity index (χ0) is 16.7. The fourth-order valence-electron chi connectivity index (χ4n) is 3.10. The van der Waals surface area contributed by atoms with Crippen molar-refractivity contribution in [3.8, 4) is 0 Å². The van der Waals surface area contributed by atoms with E-state index >= 15 is 0 Å². The Bertz CT molecular complexity index is 450. The fourth-order valence-corrected chi connectivity index (χ4v) is 3.90. The van der Waals surface area contributed by atoms with Crippen molar-refractivity contribution in [3.63, 3.8) is 0 Å². The van der Waals surface area contributed by atoms with Gasteiger partial charge in [0.1, 0.15) is 0 Å². The monoisotopic (exact) mass is 432 g/mol. The van der Waals surface area contributed by atoms with Crippen molar-refractivity contribution in [2.24, 2.45) is 5.92 Å². The highest BCUT2D eigenvalue weighted by Gasteiger charge is 2.18. The molecule has 0 bridgehead atoms. The summed E-state index contributed by atoms with van der Waals surface area (Å²) in [6, 6.07) is 0. The Morgan fingerprint density at radius 3 is 2.91 bits per heavy atom. The van der Waals surface area contributed by atoms with Crippen molar-refractivity contribution >= 4 is 22.6 Å². The number of aliphatic hydroxyl groups excluding tert-OH is 1. The van der Waals surface area contributed by atoms with Crippen LogP contribution in [0, 0.1) is 5.92 Å². The lowest BCUT2D eigenvalue weighted by Gasteiger charge is -2.18. The van der Waals surface area contributed by atoms with Crippen LogP contribution in [-0.2, 0) is 9.47 Å². The van der Waals surface area contributed by atoms with Crippen LogP contribution in [0.15, 0.2) is 33.5 Å². The van der Waals surface area contributed by atoms with Crippen molar-refractivity contribution in [2.75, 3.05) is 13.2 Å². The maximum Gasteiger partial charge on any atom is 0.157 e. The standard InChI is InChI=1S/C19H29IO3/c1-14-6-8-15(2)16(9-7-14)12-18(21)13-17(20)4-3-5-19-22-10-11-23-19/h7,13,16,18-19,21H,2-6,8-12H2,1H3/b17-13-/t16-,18+/m0/s1. The van der Waals surface area contributed by atoms with E-state index in [-0.39, 0.29) is 12.4 Å². The quantitative estimate of drug-likeness (QED) is 0.460. The molecule has 1 aliphatic heterocycles. The zero-order valence-electron chi connectivity index (χ0n) is 14.1. The average Bonchev–Trinajstić information content (AvgIpc) is 2.96. The highest BCUT2D eigenvalue weighted by Crippen LogP contribution is 2.30. The van der Waals surface area contributed by atoms with Crippen LogP contribution in [0.4, 0.5) is 0 Å². The number of ether oxygens (including phenoxy) is 2. The maximum absolute atomic E-state index is 10.4. The molecule has 0 spiro atoms. The molecule has 23 heavy (non-hydrogen) atoms. The van der Waals surface area contributed by atoms with E-state index in [0.29, 0.717) is 5.92 Å². The van der Waals surface area contributed by atoms with E-state index in [1.165, 1.54) is 14.7 Å². The minimum absolute atomic E-state index is 0.0199. The first-order valence-corrected chi connectivity index (χ1v) is 9.73. The molecule has 2 aliphatic rings. The smallest absolute Gasteiger partial charge is 0.157 e. The summed E-state index contributed by atoms with van der Waals surface area (Å²) in [6.45, 7) is 7.84. The predicted octanol–water partition coefficient (Wildman–Crippen LogP) is 4.90. The topological polar surface area (TPSA) is 38.7 Å². The third-order valence-electron chi connectivity index (χ3n) is 4.61. The lowest BCUT2D eigenvalue weighted by molar-refractivity contribution is -0.0475. The molecule has 0 aromatic rings. The van der Waals surface area contributed by atoms with Crippen molar-refractivity contribution in [2.45, 2.75) is 64.3 Å². The van der Waals surface area contributed by atoms with Crippen molar-refractivity contribution in [3.05, 3.63) is 33.5 Å². The van der Waals surface area contributed by atoms with Crippen molar-refractivity contribution < 1.29 is 14.6 Å². The van der Waals surface area contributed by atoms with E-state index < -0.39 is 0 Å². The van der Waals surface area contributed by atoms with E-state index in [4.69, 9.17) is 9.47 Å². The first-order valence-electron chi connectivity index (χ1n) is 8.65. The molecule has 0 aromatic heterocycles. The van der Waals surface area contributed by atoms with Crippen LogP contribution in [0.3, 0.4) is 0 Å². The third kappa shape index (κ3) is 7.08. The van der Waals surface area contributed by atoms with Gasteiger partial charge in [-0.15, -0.1) is 0 Å². The summed E-state index contributed by atoms with van der Waals surface area (Å²) < 4.78 is 12.1. The molecular weight excluding hydrogens is 403 g/mol. The molecule has 130 valence electrons. The molecule has 0 aromatic carbocycles. The summed E-state index contributed by atoms with van der Waals surface area (Å²) in [5, 5.41) is 10.4. The van der Waals surface area contributed by atoms with Crippen molar-refractivity contribution in [1.29, 1.82) is 0 Å². The zero-order valence-corrected chi connectivity index (χ0v) is 16.3. The van der Waals surface area contributed by atoms with Gasteiger partial charge in [0.05, 0.1) is 19.3 Å². The van der Waals surface area contributed by atoms with Gasteiger partial charge in [0.25, 0.3) is 0 Å². The Morgan fingerprint density at radius 2 is 2.17 bits per heavy atom. The number of hydrogen-bond acceptors (Lipinski definition) is 3. The summed E-state index contributed by atoms with van der Waals surface area (Å²) in [7, 11) is 0. The largest absolute Gasteiger partial charge is 0.389 e. The lowest BCUT2D eigenvalue weighted by atomic mass is 9.90. The summed E-state index contributed by atoms with van der Waals surface area (Å²) in [4.78, 5) is 0. The third-order valence-corrected chi connectivity index (χ3v) is 5.51. The maximum atomic E-state index is 10.4. The second-order valence-electron chi connectivity index (χ2n) is 6.62. The summed E-state index contributed by atoms with van der Waals surface area (Å²) in [6.07, 6.45) is 10.8. The second-order valence-corrected chi connectivity index (χ2v) is 8.01. The fraction of sp³-hybridized carbons (Fsp3) is 0.684. The average molecular weight is 432 g/mol. The van der Waals surface area contributed by atoms with Gasteiger partial charge >= 0.3 is 0 Å². The van der Waals surface area contributed by atoms with Gasteiger partial charge in [0.2, 0.25) is 0 Å². The number of aliphatic hydroxyl groups is 1. The van der Waals surface area contributed by atoms with Crippen LogP contribution in [0.5, 0.6) is 0 Å². The molecule has 0 amide bonds. The van der Waals surface area contributed by atoms with Gasteiger partial charge in [-0.1, -0.05) is 23.8 Å². The van der Waals surface area contributed by atoms with Crippen molar-refractivity contribution in [1.82, 2.24) is 0 Å². The molecule has 4 heteroatoms. The number of halogens is 1. The SMILES string of the molecule is C=C1CCC(C)=CC[C@H]1C[C@@H](O)/C=C(\I)CCCC1OCCO1. The molecule has 2 rings (SSSR count). The van der Waals surface area contributed by atoms with Crippen LogP contribution >= 0.6 is 22.6 Å². The Labute approximate surface area is 154 Å². The molecule has 1 N–H and O–H groups in total. The van der Waals surface area contributed by atoms with E-state index in [9.17, 15) is 5.11 Å². The molecule has 0 unspecified atom stereocenters. The molecule has 2 atom stereocenters. The van der Waals surface area contributed by atoms with Crippen LogP contribution in [0.1, 0.15) is 51.9 Å². The molecule has 1 heterocycles. The van der Waals surface area contributed by atoms with Gasteiger partial charge in [0, 0.05) is 0 Å². The molecule has 1 fully saturated rings. The van der Waals surface area contributed by atoms with Gasteiger partial charge in [-0.2, -0.15) is 0 Å². The molecular formula is C19H29IO3. The minimum Gasteiger partial charge on any atom is -0.389 e. The molecule has 0 saturated carbocycles. The summed E-state index contributed by atoms with van der Waals surface area (Å²) in [5.74, 6) is 0.406. The van der Waals surface area contributed by atoms with Crippen LogP contribution in [0.2, 0.25) is 0 Å². The first kappa shape index (κ1) is 19.2. The number of allylic oxidation sites excluding steroid dienone is 4. The highest BCUT2D eigenvalue weighted by molar-refractivity contribution is 14.1. The van der Waals surface area contributed by atoms with Gasteiger partial charge in [-0.3, -0.25) is 0 Å². The molecule has 1 saturated heterocycles. The van der Waals surface area contributed by atoms with E-state index in [1.807, 2.05) is 6.08 Å². The van der Waals surface area contributed by atoms with Gasteiger partial charge in [-0.05, 0) is 90.0 Å². The van der Waals surface area contributed by atoms with Gasteiger partial charge < -0.3 is 14.6 Å². The number of hydrogen-bond donors (Lipinski definition) is 1. The Balaban J connectivity index is 1.72. The van der Waals surface area contributed by atoms with Crippen LogP contribution in [0.25, 0.3) is 0 Å². The first-order chi connectivity index (χ1) is 11.0.